The molecule has 0 aromatic carbocycles. The summed E-state index contributed by atoms with van der Waals surface area (Å²) in [5.41, 5.74) is 0. The first-order chi connectivity index (χ1) is 8.26. The first kappa shape index (κ1) is 12.9. The normalized spacial score (nSPS) is 19.7. The van der Waals surface area contributed by atoms with Gasteiger partial charge in [-0.25, -0.2) is 0 Å². The van der Waals surface area contributed by atoms with Crippen LogP contribution in [0.15, 0.2) is 0 Å². The molecule has 0 aliphatic heterocycles. The molecule has 2 aliphatic carbocycles. The quantitative estimate of drug-likeness (QED) is 0.701. The number of hydrogen-bond acceptors (Lipinski definition) is 2. The number of amides is 1. The van der Waals surface area contributed by atoms with Crippen molar-refractivity contribution in [1.82, 2.24) is 10.2 Å². The molecule has 98 valence electrons. The minimum atomic E-state index is 0.299. The van der Waals surface area contributed by atoms with Gasteiger partial charge < -0.3 is 10.2 Å². The molecule has 0 heterocycles. The Balaban J connectivity index is 1.65. The molecule has 2 rings (SSSR count). The summed E-state index contributed by atoms with van der Waals surface area (Å²) >= 11 is 0. The smallest absolute Gasteiger partial charge is 0.223 e. The highest BCUT2D eigenvalue weighted by Gasteiger charge is 2.40. The molecule has 2 fully saturated rings. The monoisotopic (exact) mass is 238 g/mol. The van der Waals surface area contributed by atoms with E-state index in [4.69, 9.17) is 0 Å². The Morgan fingerprint density at radius 2 is 1.71 bits per heavy atom. The van der Waals surface area contributed by atoms with Gasteiger partial charge in [0, 0.05) is 32.1 Å². The van der Waals surface area contributed by atoms with E-state index in [-0.39, 0.29) is 0 Å². The Hall–Kier alpha value is -0.570. The molecule has 3 heteroatoms. The number of rotatable bonds is 8. The fraction of sp³-hybridized carbons (Fsp3) is 0.929. The van der Waals surface area contributed by atoms with Crippen molar-refractivity contribution in [2.75, 3.05) is 19.6 Å². The SMILES string of the molecule is CCN(CC)C(=O)CCNC(C1CC1)C1CC1. The summed E-state index contributed by atoms with van der Waals surface area (Å²) in [4.78, 5) is 13.8. The third-order valence-electron chi connectivity index (χ3n) is 4.09. The average Bonchev–Trinajstić information content (AvgIpc) is 3.17. The fourth-order valence-corrected chi connectivity index (χ4v) is 2.71. The summed E-state index contributed by atoms with van der Waals surface area (Å²) < 4.78 is 0. The Morgan fingerprint density at radius 1 is 1.18 bits per heavy atom. The summed E-state index contributed by atoms with van der Waals surface area (Å²) in [6, 6.07) is 0.722. The molecule has 0 bridgehead atoms. The van der Waals surface area contributed by atoms with Crippen molar-refractivity contribution in [3.05, 3.63) is 0 Å². The zero-order chi connectivity index (χ0) is 12.3. The third-order valence-corrected chi connectivity index (χ3v) is 4.09. The average molecular weight is 238 g/mol. The minimum Gasteiger partial charge on any atom is -0.343 e. The second-order valence-electron chi connectivity index (χ2n) is 5.47. The molecule has 2 saturated carbocycles. The Morgan fingerprint density at radius 3 is 2.12 bits per heavy atom. The lowest BCUT2D eigenvalue weighted by molar-refractivity contribution is -0.130. The van der Waals surface area contributed by atoms with Crippen molar-refractivity contribution in [1.29, 1.82) is 0 Å². The first-order valence-electron chi connectivity index (χ1n) is 7.27. The number of hydrogen-bond donors (Lipinski definition) is 1. The maximum absolute atomic E-state index is 11.8. The van der Waals surface area contributed by atoms with E-state index in [1.165, 1.54) is 25.7 Å². The summed E-state index contributed by atoms with van der Waals surface area (Å²) in [6.07, 6.45) is 6.27. The van der Waals surface area contributed by atoms with Crippen LogP contribution in [0, 0.1) is 11.8 Å². The van der Waals surface area contributed by atoms with E-state index in [0.29, 0.717) is 12.3 Å². The lowest BCUT2D eigenvalue weighted by Gasteiger charge is -2.21. The molecule has 17 heavy (non-hydrogen) atoms. The van der Waals surface area contributed by atoms with Crippen LogP contribution in [-0.2, 0) is 4.79 Å². The first-order valence-corrected chi connectivity index (χ1v) is 7.27. The Kier molecular flexibility index (Phi) is 4.43. The number of carbonyl (C=O) groups excluding carboxylic acids is 1. The molecule has 2 aliphatic rings. The van der Waals surface area contributed by atoms with Crippen LogP contribution in [0.4, 0.5) is 0 Å². The molecule has 3 nitrogen and oxygen atoms in total. The van der Waals surface area contributed by atoms with E-state index >= 15 is 0 Å². The van der Waals surface area contributed by atoms with Crippen LogP contribution in [0.5, 0.6) is 0 Å². The molecule has 0 aromatic rings. The summed E-state index contributed by atoms with van der Waals surface area (Å²) in [6.45, 7) is 6.64. The maximum Gasteiger partial charge on any atom is 0.223 e. The summed E-state index contributed by atoms with van der Waals surface area (Å²) in [5, 5.41) is 3.63. The highest BCUT2D eigenvalue weighted by molar-refractivity contribution is 5.76. The molecule has 0 atom stereocenters. The van der Waals surface area contributed by atoms with Crippen molar-refractivity contribution < 1.29 is 4.79 Å². The van der Waals surface area contributed by atoms with Crippen molar-refractivity contribution in [3.8, 4) is 0 Å². The van der Waals surface area contributed by atoms with E-state index in [1.807, 2.05) is 18.7 Å². The molecule has 1 N–H and O–H groups in total. The predicted molar refractivity (Wildman–Crippen MR) is 69.8 cm³/mol. The fourth-order valence-electron chi connectivity index (χ4n) is 2.71. The number of nitrogens with zero attached hydrogens (tertiary/aromatic N) is 1. The largest absolute Gasteiger partial charge is 0.343 e. The van der Waals surface area contributed by atoms with Crippen molar-refractivity contribution >= 4 is 5.91 Å². The van der Waals surface area contributed by atoms with Gasteiger partial charge in [0.2, 0.25) is 5.91 Å². The van der Waals surface area contributed by atoms with E-state index in [2.05, 4.69) is 5.32 Å². The molecule has 1 amide bonds. The molecule has 0 spiro atoms. The lowest BCUT2D eigenvalue weighted by Crippen LogP contribution is -2.37. The minimum absolute atomic E-state index is 0.299. The van der Waals surface area contributed by atoms with Gasteiger partial charge in [-0.2, -0.15) is 0 Å². The van der Waals surface area contributed by atoms with Crippen molar-refractivity contribution in [3.63, 3.8) is 0 Å². The van der Waals surface area contributed by atoms with E-state index in [0.717, 1.165) is 37.5 Å². The van der Waals surface area contributed by atoms with Gasteiger partial charge in [-0.05, 0) is 51.4 Å². The number of nitrogens with one attached hydrogen (secondary N) is 1. The number of carbonyl (C=O) groups is 1. The summed E-state index contributed by atoms with van der Waals surface area (Å²) in [5.74, 6) is 2.14. The molecule has 0 aromatic heterocycles. The zero-order valence-electron chi connectivity index (χ0n) is 11.2. The van der Waals surface area contributed by atoms with Crippen LogP contribution in [0.25, 0.3) is 0 Å². The van der Waals surface area contributed by atoms with Gasteiger partial charge in [-0.3, -0.25) is 4.79 Å². The molecule has 0 radical (unpaired) electrons. The van der Waals surface area contributed by atoms with Gasteiger partial charge in [0.25, 0.3) is 0 Å². The van der Waals surface area contributed by atoms with E-state index < -0.39 is 0 Å². The lowest BCUT2D eigenvalue weighted by atomic mass is 10.1. The van der Waals surface area contributed by atoms with E-state index in [1.54, 1.807) is 0 Å². The van der Waals surface area contributed by atoms with E-state index in [9.17, 15) is 4.79 Å². The van der Waals surface area contributed by atoms with Gasteiger partial charge in [0.05, 0.1) is 0 Å². The standard InChI is InChI=1S/C14H26N2O/c1-3-16(4-2)13(17)9-10-15-14(11-5-6-11)12-7-8-12/h11-12,14-15H,3-10H2,1-2H3. The van der Waals surface area contributed by atoms with Crippen LogP contribution in [0.2, 0.25) is 0 Å². The molecule has 0 saturated heterocycles. The van der Waals surface area contributed by atoms with Gasteiger partial charge in [-0.1, -0.05) is 0 Å². The van der Waals surface area contributed by atoms with Crippen LogP contribution < -0.4 is 5.32 Å². The Labute approximate surface area is 105 Å². The van der Waals surface area contributed by atoms with Gasteiger partial charge >= 0.3 is 0 Å². The highest BCUT2D eigenvalue weighted by Crippen LogP contribution is 2.44. The highest BCUT2D eigenvalue weighted by atomic mass is 16.2. The van der Waals surface area contributed by atoms with Crippen LogP contribution in [0.1, 0.15) is 46.0 Å². The molecular weight excluding hydrogens is 212 g/mol. The zero-order valence-corrected chi connectivity index (χ0v) is 11.2. The van der Waals surface area contributed by atoms with Crippen molar-refractivity contribution in [2.24, 2.45) is 11.8 Å². The van der Waals surface area contributed by atoms with Crippen molar-refractivity contribution in [2.45, 2.75) is 52.0 Å². The second-order valence-corrected chi connectivity index (χ2v) is 5.47. The van der Waals surface area contributed by atoms with Crippen LogP contribution in [-0.4, -0.2) is 36.5 Å². The topological polar surface area (TPSA) is 32.3 Å². The predicted octanol–water partition coefficient (Wildman–Crippen LogP) is 2.02. The molecule has 0 unspecified atom stereocenters. The molecular formula is C14H26N2O. The van der Waals surface area contributed by atoms with Crippen LogP contribution >= 0.6 is 0 Å². The summed E-state index contributed by atoms with van der Waals surface area (Å²) in [7, 11) is 0. The van der Waals surface area contributed by atoms with Gasteiger partial charge in [-0.15, -0.1) is 0 Å². The maximum atomic E-state index is 11.8. The van der Waals surface area contributed by atoms with Crippen LogP contribution in [0.3, 0.4) is 0 Å². The Bertz CT molecular complexity index is 243. The second kappa shape index (κ2) is 5.85. The van der Waals surface area contributed by atoms with Gasteiger partial charge in [0.15, 0.2) is 0 Å². The third kappa shape index (κ3) is 3.70. The van der Waals surface area contributed by atoms with Gasteiger partial charge in [0.1, 0.15) is 0 Å².